The number of carbonyl (C=O) groups excluding carboxylic acids is 1. The van der Waals surface area contributed by atoms with Gasteiger partial charge in [-0.05, 0) is 57.5 Å². The highest BCUT2D eigenvalue weighted by atomic mass is 16.2. The largest absolute Gasteiger partial charge is 0.317 e. The Balaban J connectivity index is 1.73. The Kier molecular flexibility index (Phi) is 5.15. The second-order valence-corrected chi connectivity index (χ2v) is 7.80. The van der Waals surface area contributed by atoms with Gasteiger partial charge in [0.15, 0.2) is 0 Å². The zero-order valence-electron chi connectivity index (χ0n) is 18.4. The number of aromatic nitrogens is 3. The molecule has 0 unspecified atom stereocenters. The molecule has 0 radical (unpaired) electrons. The predicted octanol–water partition coefficient (Wildman–Crippen LogP) is 4.45. The van der Waals surface area contributed by atoms with Gasteiger partial charge in [0.05, 0.1) is 16.9 Å². The Morgan fingerprint density at radius 2 is 1.52 bits per heavy atom. The average molecular weight is 415 g/mol. The lowest BCUT2D eigenvalue weighted by Crippen LogP contribution is -2.23. The predicted molar refractivity (Wildman–Crippen MR) is 124 cm³/mol. The summed E-state index contributed by atoms with van der Waals surface area (Å²) >= 11 is 0. The van der Waals surface area contributed by atoms with Crippen LogP contribution >= 0.6 is 0 Å². The van der Waals surface area contributed by atoms with E-state index in [-0.39, 0.29) is 17.2 Å². The second-order valence-electron chi connectivity index (χ2n) is 7.80. The first-order chi connectivity index (χ1) is 14.8. The molecule has 0 atom stereocenters. The van der Waals surface area contributed by atoms with Crippen molar-refractivity contribution in [2.75, 3.05) is 5.32 Å². The van der Waals surface area contributed by atoms with Gasteiger partial charge in [-0.3, -0.25) is 14.3 Å². The van der Waals surface area contributed by atoms with E-state index in [1.807, 2.05) is 95.4 Å². The van der Waals surface area contributed by atoms with Gasteiger partial charge in [-0.25, -0.2) is 4.68 Å². The number of amides is 1. The fourth-order valence-corrected chi connectivity index (χ4v) is 4.07. The molecule has 31 heavy (non-hydrogen) atoms. The van der Waals surface area contributed by atoms with Crippen LogP contribution in [0, 0.1) is 27.7 Å². The van der Waals surface area contributed by atoms with Crippen LogP contribution in [-0.4, -0.2) is 19.8 Å². The molecular formula is C25H26N4O2. The number of nitrogens with one attached hydrogen (secondary N) is 1. The Morgan fingerprint density at radius 3 is 2.19 bits per heavy atom. The molecular weight excluding hydrogens is 388 g/mol. The third-order valence-electron chi connectivity index (χ3n) is 5.82. The number of benzene rings is 2. The first kappa shape index (κ1) is 20.5. The number of nitrogens with zero attached hydrogens (tertiary/aromatic N) is 3. The van der Waals surface area contributed by atoms with Gasteiger partial charge in [-0.2, -0.15) is 0 Å². The van der Waals surface area contributed by atoms with Crippen molar-refractivity contribution in [1.29, 1.82) is 0 Å². The smallest absolute Gasteiger partial charge is 0.295 e. The zero-order chi connectivity index (χ0) is 22.3. The highest BCUT2D eigenvalue weighted by Crippen LogP contribution is 2.24. The number of rotatable bonds is 4. The molecule has 0 fully saturated rings. The van der Waals surface area contributed by atoms with Crippen molar-refractivity contribution in [1.82, 2.24) is 13.9 Å². The van der Waals surface area contributed by atoms with Gasteiger partial charge in [0.25, 0.3) is 11.5 Å². The minimum absolute atomic E-state index is 0.257. The van der Waals surface area contributed by atoms with Crippen molar-refractivity contribution in [2.45, 2.75) is 27.7 Å². The van der Waals surface area contributed by atoms with E-state index in [0.717, 1.165) is 28.3 Å². The van der Waals surface area contributed by atoms with Crippen LogP contribution in [0.25, 0.3) is 11.4 Å². The molecule has 0 bridgehead atoms. The normalized spacial score (nSPS) is 11.0. The summed E-state index contributed by atoms with van der Waals surface area (Å²) in [6.45, 7) is 7.78. The van der Waals surface area contributed by atoms with E-state index in [2.05, 4.69) is 9.88 Å². The van der Waals surface area contributed by atoms with E-state index < -0.39 is 0 Å². The van der Waals surface area contributed by atoms with Crippen molar-refractivity contribution in [3.05, 3.63) is 99.2 Å². The van der Waals surface area contributed by atoms with Gasteiger partial charge in [-0.1, -0.05) is 36.4 Å². The number of anilines is 1. The first-order valence-electron chi connectivity index (χ1n) is 10.2. The standard InChI is InChI=1S/C25H26N4O2/c1-16-11-9-10-14-22(16)28-17(2)15-21(18(28)3)24(30)26-23-19(4)27(5)29(25(23)31)20-12-7-6-8-13-20/h6-15H,1-5H3,(H,26,30). The van der Waals surface area contributed by atoms with E-state index in [1.165, 1.54) is 0 Å². The fourth-order valence-electron chi connectivity index (χ4n) is 4.07. The minimum atomic E-state index is -0.293. The molecule has 6 nitrogen and oxygen atoms in total. The average Bonchev–Trinajstić information content (AvgIpc) is 3.16. The summed E-state index contributed by atoms with van der Waals surface area (Å²) in [6, 6.07) is 19.3. The molecule has 0 aliphatic heterocycles. The molecule has 2 heterocycles. The SMILES string of the molecule is Cc1ccccc1-n1c(C)cc(C(=O)Nc2c(C)n(C)n(-c3ccccc3)c2=O)c1C. The number of aryl methyl sites for hydroxylation is 2. The monoisotopic (exact) mass is 414 g/mol. The summed E-state index contributed by atoms with van der Waals surface area (Å²) in [5.74, 6) is -0.293. The van der Waals surface area contributed by atoms with E-state index in [4.69, 9.17) is 0 Å². The number of carbonyl (C=O) groups is 1. The first-order valence-corrected chi connectivity index (χ1v) is 10.2. The fraction of sp³-hybridized carbons (Fsp3) is 0.200. The van der Waals surface area contributed by atoms with Crippen LogP contribution in [0.3, 0.4) is 0 Å². The molecule has 1 N–H and O–H groups in total. The molecule has 1 amide bonds. The molecule has 0 saturated carbocycles. The third kappa shape index (κ3) is 3.40. The molecule has 4 rings (SSSR count). The molecule has 0 saturated heterocycles. The van der Waals surface area contributed by atoms with Crippen LogP contribution in [0.15, 0.2) is 65.5 Å². The van der Waals surface area contributed by atoms with Crippen molar-refractivity contribution in [2.24, 2.45) is 7.05 Å². The molecule has 0 aliphatic rings. The summed E-state index contributed by atoms with van der Waals surface area (Å²) in [5.41, 5.74) is 5.98. The van der Waals surface area contributed by atoms with Crippen molar-refractivity contribution in [3.63, 3.8) is 0 Å². The second kappa shape index (κ2) is 7.80. The lowest BCUT2D eigenvalue weighted by atomic mass is 10.2. The summed E-state index contributed by atoms with van der Waals surface area (Å²) in [5, 5.41) is 2.87. The molecule has 2 aromatic carbocycles. The van der Waals surface area contributed by atoms with Crippen LogP contribution in [0.1, 0.15) is 33.0 Å². The molecule has 158 valence electrons. The van der Waals surface area contributed by atoms with Gasteiger partial charge in [0.2, 0.25) is 0 Å². The summed E-state index contributed by atoms with van der Waals surface area (Å²) < 4.78 is 5.38. The lowest BCUT2D eigenvalue weighted by Gasteiger charge is -2.12. The number of hydrogen-bond donors (Lipinski definition) is 1. The highest BCUT2D eigenvalue weighted by Gasteiger charge is 2.22. The van der Waals surface area contributed by atoms with Gasteiger partial charge in [0, 0.05) is 24.1 Å². The molecule has 0 aliphatic carbocycles. The van der Waals surface area contributed by atoms with Gasteiger partial charge in [0.1, 0.15) is 5.69 Å². The van der Waals surface area contributed by atoms with Crippen LogP contribution in [0.2, 0.25) is 0 Å². The van der Waals surface area contributed by atoms with Gasteiger partial charge >= 0.3 is 0 Å². The Hall–Kier alpha value is -3.80. The Morgan fingerprint density at radius 1 is 0.871 bits per heavy atom. The van der Waals surface area contributed by atoms with Crippen molar-refractivity contribution in [3.8, 4) is 11.4 Å². The zero-order valence-corrected chi connectivity index (χ0v) is 18.4. The third-order valence-corrected chi connectivity index (χ3v) is 5.82. The van der Waals surface area contributed by atoms with E-state index in [1.54, 1.807) is 9.36 Å². The summed E-state index contributed by atoms with van der Waals surface area (Å²) in [6.07, 6.45) is 0. The molecule has 4 aromatic rings. The van der Waals surface area contributed by atoms with Crippen LogP contribution < -0.4 is 10.9 Å². The summed E-state index contributed by atoms with van der Waals surface area (Å²) in [4.78, 5) is 26.3. The van der Waals surface area contributed by atoms with Crippen LogP contribution in [-0.2, 0) is 7.05 Å². The molecule has 2 aromatic heterocycles. The molecule has 6 heteroatoms. The maximum absolute atomic E-state index is 13.2. The Bertz CT molecular complexity index is 1340. The minimum Gasteiger partial charge on any atom is -0.317 e. The van der Waals surface area contributed by atoms with E-state index in [0.29, 0.717) is 11.3 Å². The lowest BCUT2D eigenvalue weighted by molar-refractivity contribution is 0.102. The quantitative estimate of drug-likeness (QED) is 0.536. The van der Waals surface area contributed by atoms with E-state index in [9.17, 15) is 9.59 Å². The van der Waals surface area contributed by atoms with Crippen molar-refractivity contribution >= 4 is 11.6 Å². The topological polar surface area (TPSA) is 61.0 Å². The van der Waals surface area contributed by atoms with Crippen LogP contribution in [0.5, 0.6) is 0 Å². The maximum atomic E-state index is 13.2. The highest BCUT2D eigenvalue weighted by molar-refractivity contribution is 6.05. The molecule has 0 spiro atoms. The van der Waals surface area contributed by atoms with E-state index >= 15 is 0 Å². The van der Waals surface area contributed by atoms with Crippen LogP contribution in [0.4, 0.5) is 5.69 Å². The summed E-state index contributed by atoms with van der Waals surface area (Å²) in [7, 11) is 1.81. The Labute approximate surface area is 181 Å². The van der Waals surface area contributed by atoms with Gasteiger partial charge in [-0.15, -0.1) is 0 Å². The van der Waals surface area contributed by atoms with Crippen molar-refractivity contribution < 1.29 is 4.79 Å². The number of hydrogen-bond acceptors (Lipinski definition) is 2. The number of para-hydroxylation sites is 2. The maximum Gasteiger partial charge on any atom is 0.295 e. The van der Waals surface area contributed by atoms with Gasteiger partial charge < -0.3 is 9.88 Å².